The molecule has 246 valence electrons. The van der Waals surface area contributed by atoms with Gasteiger partial charge in [-0.15, -0.1) is 0 Å². The van der Waals surface area contributed by atoms with Crippen LogP contribution in [-0.2, 0) is 32.6 Å². The van der Waals surface area contributed by atoms with Crippen molar-refractivity contribution >= 4 is 62.3 Å². The van der Waals surface area contributed by atoms with Gasteiger partial charge in [0, 0.05) is 34.6 Å². The third-order valence-corrected chi connectivity index (χ3v) is 10.9. The summed E-state index contributed by atoms with van der Waals surface area (Å²) in [4.78, 5) is 29.9. The maximum atomic E-state index is 14.6. The van der Waals surface area contributed by atoms with E-state index in [2.05, 4.69) is 5.32 Å². The quantitative estimate of drug-likeness (QED) is 0.163. The van der Waals surface area contributed by atoms with E-state index in [9.17, 15) is 22.4 Å². The maximum absolute atomic E-state index is 14.6. The van der Waals surface area contributed by atoms with Crippen LogP contribution in [0.15, 0.2) is 102 Å². The van der Waals surface area contributed by atoms with Crippen LogP contribution in [0.3, 0.4) is 0 Å². The Kier molecular flexibility index (Phi) is 11.5. The van der Waals surface area contributed by atoms with E-state index in [0.29, 0.717) is 5.56 Å². The van der Waals surface area contributed by atoms with Crippen LogP contribution in [0.25, 0.3) is 0 Å². The zero-order valence-electron chi connectivity index (χ0n) is 25.3. The Balaban J connectivity index is 1.60. The van der Waals surface area contributed by atoms with Crippen molar-refractivity contribution < 1.29 is 22.4 Å². The van der Waals surface area contributed by atoms with Crippen molar-refractivity contribution in [2.24, 2.45) is 0 Å². The number of sulfonamides is 1. The van der Waals surface area contributed by atoms with Gasteiger partial charge in [0.05, 0.1) is 15.6 Å². The number of nitrogens with zero attached hydrogens (tertiary/aromatic N) is 2. The molecule has 1 aliphatic carbocycles. The first-order valence-corrected chi connectivity index (χ1v) is 17.7. The summed E-state index contributed by atoms with van der Waals surface area (Å²) in [6, 6.07) is 24.0. The molecule has 7 nitrogen and oxygen atoms in total. The summed E-state index contributed by atoms with van der Waals surface area (Å²) in [7, 11) is -4.37. The molecule has 0 aromatic heterocycles. The van der Waals surface area contributed by atoms with Crippen LogP contribution >= 0.6 is 34.8 Å². The molecule has 0 unspecified atom stereocenters. The highest BCUT2D eigenvalue weighted by Gasteiger charge is 2.36. The summed E-state index contributed by atoms with van der Waals surface area (Å²) < 4.78 is 43.2. The molecule has 2 amide bonds. The molecule has 4 aromatic rings. The lowest BCUT2D eigenvalue weighted by atomic mass is 10.0. The van der Waals surface area contributed by atoms with Crippen LogP contribution < -0.4 is 9.62 Å². The van der Waals surface area contributed by atoms with Crippen LogP contribution in [0.4, 0.5) is 10.1 Å². The molecule has 4 aromatic carbocycles. The summed E-state index contributed by atoms with van der Waals surface area (Å²) in [6.45, 7) is -0.917. The van der Waals surface area contributed by atoms with Gasteiger partial charge in [0.25, 0.3) is 10.0 Å². The Morgan fingerprint density at radius 1 is 0.830 bits per heavy atom. The van der Waals surface area contributed by atoms with Gasteiger partial charge in [0.15, 0.2) is 0 Å². The second-order valence-corrected chi connectivity index (χ2v) is 14.4. The van der Waals surface area contributed by atoms with Crippen LogP contribution in [-0.4, -0.2) is 43.8 Å². The first-order chi connectivity index (χ1) is 22.5. The molecule has 0 bridgehead atoms. The molecule has 0 aliphatic heterocycles. The maximum Gasteiger partial charge on any atom is 0.264 e. The number of hydrogen-bond donors (Lipinski definition) is 1. The Hall–Kier alpha value is -3.63. The highest BCUT2D eigenvalue weighted by molar-refractivity contribution is 7.92. The first kappa shape index (κ1) is 34.7. The lowest BCUT2D eigenvalue weighted by Gasteiger charge is -2.34. The first-order valence-electron chi connectivity index (χ1n) is 15.1. The molecule has 47 heavy (non-hydrogen) atoms. The number of hydrogen-bond acceptors (Lipinski definition) is 4. The lowest BCUT2D eigenvalue weighted by molar-refractivity contribution is -0.140. The minimum atomic E-state index is -4.37. The van der Waals surface area contributed by atoms with Crippen molar-refractivity contribution in [3.8, 4) is 0 Å². The molecule has 0 heterocycles. The van der Waals surface area contributed by atoms with Crippen LogP contribution in [0.2, 0.25) is 15.1 Å². The minimum Gasteiger partial charge on any atom is -0.352 e. The molecule has 0 saturated heterocycles. The van der Waals surface area contributed by atoms with Crippen molar-refractivity contribution in [1.82, 2.24) is 10.2 Å². The molecule has 5 rings (SSSR count). The monoisotopic (exact) mass is 715 g/mol. The highest BCUT2D eigenvalue weighted by Crippen LogP contribution is 2.31. The second-order valence-electron chi connectivity index (χ2n) is 11.3. The van der Waals surface area contributed by atoms with Gasteiger partial charge in [-0.2, -0.15) is 0 Å². The summed E-state index contributed by atoms with van der Waals surface area (Å²) in [5, 5.41) is 3.36. The highest BCUT2D eigenvalue weighted by atomic mass is 35.5. The standard InChI is InChI=1S/C35H33Cl3FN3O4S/c36-29-16-9-17-30(37)28(29)22-41(33(20-24-10-3-1-4-11-24)35(44)40-25-12-7-8-13-25)34(43)23-42(26-18-19-32(39)31(38)21-26)47(45,46)27-14-5-2-6-15-27/h1-6,9-11,14-19,21,25,33H,7-8,12-13,20,22-23H2,(H,40,44)/t33-/m1/s1. The van der Waals surface area contributed by atoms with Gasteiger partial charge in [-0.05, 0) is 60.9 Å². The molecule has 1 fully saturated rings. The van der Waals surface area contributed by atoms with Gasteiger partial charge in [-0.3, -0.25) is 13.9 Å². The van der Waals surface area contributed by atoms with E-state index < -0.39 is 34.3 Å². The topological polar surface area (TPSA) is 86.8 Å². The van der Waals surface area contributed by atoms with Crippen molar-refractivity contribution in [1.29, 1.82) is 0 Å². The Labute approximate surface area is 289 Å². The largest absolute Gasteiger partial charge is 0.352 e. The molecule has 1 aliphatic rings. The molecule has 1 N–H and O–H groups in total. The fourth-order valence-electron chi connectivity index (χ4n) is 5.66. The number of amides is 2. The van der Waals surface area contributed by atoms with E-state index in [1.54, 1.807) is 36.4 Å². The smallest absolute Gasteiger partial charge is 0.264 e. The zero-order chi connectivity index (χ0) is 33.6. The Morgan fingerprint density at radius 2 is 1.45 bits per heavy atom. The number of halogens is 4. The number of rotatable bonds is 12. The lowest BCUT2D eigenvalue weighted by Crippen LogP contribution is -2.54. The number of benzene rings is 4. The minimum absolute atomic E-state index is 0.0284. The zero-order valence-corrected chi connectivity index (χ0v) is 28.4. The molecule has 1 atom stereocenters. The molecular weight excluding hydrogens is 684 g/mol. The molecule has 0 radical (unpaired) electrons. The van der Waals surface area contributed by atoms with Gasteiger partial charge in [-0.1, -0.05) is 102 Å². The van der Waals surface area contributed by atoms with E-state index in [4.69, 9.17) is 34.8 Å². The summed E-state index contributed by atoms with van der Waals surface area (Å²) in [6.07, 6.45) is 3.75. The molecule has 12 heteroatoms. The van der Waals surface area contributed by atoms with Gasteiger partial charge in [0.1, 0.15) is 18.4 Å². The average Bonchev–Trinajstić information content (AvgIpc) is 3.58. The number of anilines is 1. The summed E-state index contributed by atoms with van der Waals surface area (Å²) in [5.74, 6) is -1.83. The third kappa shape index (κ3) is 8.46. The molecule has 1 saturated carbocycles. The van der Waals surface area contributed by atoms with Crippen molar-refractivity contribution in [2.75, 3.05) is 10.8 Å². The van der Waals surface area contributed by atoms with Gasteiger partial charge < -0.3 is 10.2 Å². The SMILES string of the molecule is O=C(NC1CCCC1)[C@@H](Cc1ccccc1)N(Cc1c(Cl)cccc1Cl)C(=O)CN(c1ccc(F)c(Cl)c1)S(=O)(=O)c1ccccc1. The predicted octanol–water partition coefficient (Wildman–Crippen LogP) is 7.68. The second kappa shape index (κ2) is 15.5. The fourth-order valence-corrected chi connectivity index (χ4v) is 7.78. The fraction of sp³-hybridized carbons (Fsp3) is 0.257. The third-order valence-electron chi connectivity index (χ3n) is 8.16. The van der Waals surface area contributed by atoms with Crippen LogP contribution in [0.1, 0.15) is 36.8 Å². The average molecular weight is 717 g/mol. The Bertz CT molecular complexity index is 1800. The van der Waals surface area contributed by atoms with E-state index in [1.165, 1.54) is 23.1 Å². The summed E-state index contributed by atoms with van der Waals surface area (Å²) >= 11 is 19.2. The number of carbonyl (C=O) groups is 2. The van der Waals surface area contributed by atoms with E-state index in [1.807, 2.05) is 30.3 Å². The predicted molar refractivity (Wildman–Crippen MR) is 184 cm³/mol. The van der Waals surface area contributed by atoms with Crippen LogP contribution in [0.5, 0.6) is 0 Å². The van der Waals surface area contributed by atoms with Gasteiger partial charge in [0.2, 0.25) is 11.8 Å². The van der Waals surface area contributed by atoms with Gasteiger partial charge >= 0.3 is 0 Å². The molecule has 0 spiro atoms. The van der Waals surface area contributed by atoms with Crippen molar-refractivity contribution in [3.63, 3.8) is 0 Å². The van der Waals surface area contributed by atoms with Crippen molar-refractivity contribution in [2.45, 2.75) is 55.6 Å². The van der Waals surface area contributed by atoms with Gasteiger partial charge in [-0.25, -0.2) is 12.8 Å². The molecular formula is C35H33Cl3FN3O4S. The van der Waals surface area contributed by atoms with E-state index in [0.717, 1.165) is 47.7 Å². The van der Waals surface area contributed by atoms with Crippen molar-refractivity contribution in [3.05, 3.63) is 129 Å². The van der Waals surface area contributed by atoms with E-state index in [-0.39, 0.29) is 50.6 Å². The van der Waals surface area contributed by atoms with Crippen LogP contribution in [0, 0.1) is 5.82 Å². The van der Waals surface area contributed by atoms with E-state index >= 15 is 0 Å². The summed E-state index contributed by atoms with van der Waals surface area (Å²) in [5.41, 5.74) is 1.17. The Morgan fingerprint density at radius 3 is 2.06 bits per heavy atom. The normalized spacial score (nSPS) is 14.0. The number of nitrogens with one attached hydrogen (secondary N) is 1. The number of carbonyl (C=O) groups excluding carboxylic acids is 2.